The summed E-state index contributed by atoms with van der Waals surface area (Å²) in [7, 11) is 0. The monoisotopic (exact) mass is 288 g/mol. The molecule has 2 aromatic heterocycles. The number of fused-ring (bicyclic) bond motifs is 2. The molecule has 0 fully saturated rings. The molecule has 4 heteroatoms. The van der Waals surface area contributed by atoms with Crippen molar-refractivity contribution in [2.75, 3.05) is 0 Å². The van der Waals surface area contributed by atoms with Crippen molar-refractivity contribution in [3.05, 3.63) is 59.9 Å². The van der Waals surface area contributed by atoms with E-state index in [-0.39, 0.29) is 0 Å². The Balaban J connectivity index is 2.07. The molecule has 22 heavy (non-hydrogen) atoms. The van der Waals surface area contributed by atoms with E-state index in [4.69, 9.17) is 0 Å². The number of nitrogens with one attached hydrogen (secondary N) is 2. The summed E-state index contributed by atoms with van der Waals surface area (Å²) in [5, 5.41) is 1.88. The van der Waals surface area contributed by atoms with Crippen LogP contribution in [0.3, 0.4) is 0 Å². The van der Waals surface area contributed by atoms with Crippen molar-refractivity contribution in [3.8, 4) is 11.1 Å². The predicted octanol–water partition coefficient (Wildman–Crippen LogP) is 3.94. The van der Waals surface area contributed by atoms with Crippen LogP contribution in [0.1, 0.15) is 20.8 Å². The first-order valence-electron chi connectivity index (χ1n) is 6.94. The summed E-state index contributed by atoms with van der Waals surface area (Å²) in [5.41, 5.74) is 5.06. The van der Waals surface area contributed by atoms with Gasteiger partial charge in [-0.05, 0) is 17.7 Å². The lowest BCUT2D eigenvalue weighted by molar-refractivity contribution is 0.111. The van der Waals surface area contributed by atoms with Crippen LogP contribution in [0.5, 0.6) is 0 Å². The molecular formula is C18H12N2O2. The number of benzene rings is 2. The second-order valence-electron chi connectivity index (χ2n) is 5.20. The van der Waals surface area contributed by atoms with E-state index in [1.54, 1.807) is 6.20 Å². The number of aromatic nitrogens is 2. The van der Waals surface area contributed by atoms with Gasteiger partial charge in [0, 0.05) is 33.6 Å². The highest BCUT2D eigenvalue weighted by atomic mass is 16.1. The van der Waals surface area contributed by atoms with Gasteiger partial charge in [-0.2, -0.15) is 0 Å². The van der Waals surface area contributed by atoms with E-state index < -0.39 is 0 Å². The first-order valence-corrected chi connectivity index (χ1v) is 6.94. The molecule has 0 amide bonds. The number of carbonyl (C=O) groups excluding carboxylic acids is 2. The van der Waals surface area contributed by atoms with E-state index in [1.165, 1.54) is 0 Å². The molecule has 2 N–H and O–H groups in total. The average Bonchev–Trinajstić information content (AvgIpc) is 3.17. The Bertz CT molecular complexity index is 1010. The lowest BCUT2D eigenvalue weighted by Gasteiger charge is -2.05. The summed E-state index contributed by atoms with van der Waals surface area (Å²) in [6.45, 7) is 0. The molecule has 0 aliphatic heterocycles. The molecule has 2 aromatic carbocycles. The fourth-order valence-electron chi connectivity index (χ4n) is 2.97. The third-order valence-electron chi connectivity index (χ3n) is 3.98. The van der Waals surface area contributed by atoms with Gasteiger partial charge >= 0.3 is 0 Å². The van der Waals surface area contributed by atoms with Crippen LogP contribution in [0.15, 0.2) is 48.7 Å². The Morgan fingerprint density at radius 2 is 1.68 bits per heavy atom. The zero-order valence-electron chi connectivity index (χ0n) is 11.6. The van der Waals surface area contributed by atoms with Crippen LogP contribution in [0.4, 0.5) is 0 Å². The average molecular weight is 288 g/mol. The van der Waals surface area contributed by atoms with Crippen molar-refractivity contribution in [1.29, 1.82) is 0 Å². The number of carbonyl (C=O) groups is 2. The molecule has 0 unspecified atom stereocenters. The maximum atomic E-state index is 11.1. The molecule has 4 aromatic rings. The molecule has 0 bridgehead atoms. The zero-order chi connectivity index (χ0) is 15.1. The Morgan fingerprint density at radius 1 is 0.864 bits per heavy atom. The Labute approximate surface area is 125 Å². The van der Waals surface area contributed by atoms with Crippen molar-refractivity contribution in [2.24, 2.45) is 0 Å². The predicted molar refractivity (Wildman–Crippen MR) is 86.4 cm³/mol. The van der Waals surface area contributed by atoms with Gasteiger partial charge in [0.2, 0.25) is 0 Å². The van der Waals surface area contributed by atoms with Crippen molar-refractivity contribution in [2.45, 2.75) is 0 Å². The van der Waals surface area contributed by atoms with Crippen LogP contribution in [-0.4, -0.2) is 22.5 Å². The van der Waals surface area contributed by atoms with E-state index in [0.717, 1.165) is 45.5 Å². The highest BCUT2D eigenvalue weighted by Gasteiger charge is 2.12. The SMILES string of the molecule is O=Cc1cc2c(-c3cccc4c(C=O)c[nH]c34)cccc2[nH]1. The lowest BCUT2D eigenvalue weighted by Crippen LogP contribution is -1.82. The van der Waals surface area contributed by atoms with Crippen LogP contribution in [0.25, 0.3) is 32.9 Å². The van der Waals surface area contributed by atoms with Gasteiger partial charge in [0.1, 0.15) is 0 Å². The third-order valence-corrected chi connectivity index (χ3v) is 3.98. The van der Waals surface area contributed by atoms with Gasteiger partial charge in [-0.1, -0.05) is 30.3 Å². The van der Waals surface area contributed by atoms with Gasteiger partial charge in [-0.15, -0.1) is 0 Å². The number of hydrogen-bond acceptors (Lipinski definition) is 2. The normalized spacial score (nSPS) is 11.1. The summed E-state index contributed by atoms with van der Waals surface area (Å²) in [6, 6.07) is 13.6. The highest BCUT2D eigenvalue weighted by molar-refractivity contribution is 6.08. The van der Waals surface area contributed by atoms with E-state index in [2.05, 4.69) is 9.97 Å². The highest BCUT2D eigenvalue weighted by Crippen LogP contribution is 2.34. The van der Waals surface area contributed by atoms with Crippen molar-refractivity contribution >= 4 is 34.4 Å². The van der Waals surface area contributed by atoms with Crippen molar-refractivity contribution < 1.29 is 9.59 Å². The second-order valence-corrected chi connectivity index (χ2v) is 5.20. The summed E-state index contributed by atoms with van der Waals surface area (Å²) in [5.74, 6) is 0. The van der Waals surface area contributed by atoms with E-state index in [0.29, 0.717) is 11.3 Å². The number of H-pyrrole nitrogens is 2. The minimum Gasteiger partial charge on any atom is -0.360 e. The summed E-state index contributed by atoms with van der Waals surface area (Å²) in [4.78, 5) is 28.4. The maximum Gasteiger partial charge on any atom is 0.166 e. The fourth-order valence-corrected chi connectivity index (χ4v) is 2.97. The zero-order valence-corrected chi connectivity index (χ0v) is 11.6. The molecular weight excluding hydrogens is 276 g/mol. The smallest absolute Gasteiger partial charge is 0.166 e. The first-order chi connectivity index (χ1) is 10.8. The van der Waals surface area contributed by atoms with Crippen LogP contribution < -0.4 is 0 Å². The summed E-state index contributed by atoms with van der Waals surface area (Å²) < 4.78 is 0. The number of aromatic amines is 2. The summed E-state index contributed by atoms with van der Waals surface area (Å²) in [6.07, 6.45) is 3.38. The van der Waals surface area contributed by atoms with E-state index in [9.17, 15) is 9.59 Å². The second kappa shape index (κ2) is 4.70. The van der Waals surface area contributed by atoms with E-state index in [1.807, 2.05) is 42.5 Å². The van der Waals surface area contributed by atoms with Crippen LogP contribution in [-0.2, 0) is 0 Å². The van der Waals surface area contributed by atoms with Gasteiger partial charge in [-0.3, -0.25) is 9.59 Å². The Kier molecular flexibility index (Phi) is 2.69. The van der Waals surface area contributed by atoms with Gasteiger partial charge in [0.25, 0.3) is 0 Å². The van der Waals surface area contributed by atoms with Gasteiger partial charge < -0.3 is 9.97 Å². The number of aldehydes is 2. The topological polar surface area (TPSA) is 65.7 Å². The van der Waals surface area contributed by atoms with Crippen LogP contribution >= 0.6 is 0 Å². The fraction of sp³-hybridized carbons (Fsp3) is 0. The number of rotatable bonds is 3. The standard InChI is InChI=1S/C18H12N2O2/c21-9-11-8-19-18-13(11)3-1-5-15(18)14-4-2-6-17-16(14)7-12(10-22)20-17/h1-10,19-20H. The minimum atomic E-state index is 0.551. The van der Waals surface area contributed by atoms with E-state index >= 15 is 0 Å². The lowest BCUT2D eigenvalue weighted by atomic mass is 9.99. The van der Waals surface area contributed by atoms with Crippen LogP contribution in [0, 0.1) is 0 Å². The largest absolute Gasteiger partial charge is 0.360 e. The number of hydrogen-bond donors (Lipinski definition) is 2. The quantitative estimate of drug-likeness (QED) is 0.561. The van der Waals surface area contributed by atoms with Crippen molar-refractivity contribution in [3.63, 3.8) is 0 Å². The van der Waals surface area contributed by atoms with Gasteiger partial charge in [-0.25, -0.2) is 0 Å². The Morgan fingerprint density at radius 3 is 2.50 bits per heavy atom. The van der Waals surface area contributed by atoms with Gasteiger partial charge in [0.05, 0.1) is 11.2 Å². The Hall–Kier alpha value is -3.14. The van der Waals surface area contributed by atoms with Crippen LogP contribution in [0.2, 0.25) is 0 Å². The third kappa shape index (κ3) is 1.71. The molecule has 0 atom stereocenters. The molecule has 106 valence electrons. The summed E-state index contributed by atoms with van der Waals surface area (Å²) >= 11 is 0. The molecule has 0 saturated heterocycles. The number of para-hydroxylation sites is 1. The molecule has 0 saturated carbocycles. The molecule has 4 nitrogen and oxygen atoms in total. The maximum absolute atomic E-state index is 11.1. The molecule has 0 radical (unpaired) electrons. The minimum absolute atomic E-state index is 0.551. The van der Waals surface area contributed by atoms with Crippen molar-refractivity contribution in [1.82, 2.24) is 9.97 Å². The van der Waals surface area contributed by atoms with Gasteiger partial charge in [0.15, 0.2) is 12.6 Å². The first kappa shape index (κ1) is 12.6. The molecule has 2 heterocycles. The molecule has 0 aliphatic rings. The molecule has 4 rings (SSSR count). The molecule has 0 aliphatic carbocycles. The molecule has 0 spiro atoms.